The van der Waals surface area contributed by atoms with Gasteiger partial charge in [-0.25, -0.2) is 0 Å². The normalized spacial score (nSPS) is 16.3. The molecule has 1 aromatic rings. The highest BCUT2D eigenvalue weighted by atomic mass is 16.2. The number of hydrogen-bond donors (Lipinski definition) is 1. The number of unbranched alkanes of at least 4 members (excludes halogenated alkanes) is 1. The second-order valence-corrected chi connectivity index (χ2v) is 5.89. The Morgan fingerprint density at radius 3 is 2.59 bits per heavy atom. The highest BCUT2D eigenvalue weighted by molar-refractivity contribution is 5.97. The van der Waals surface area contributed by atoms with Crippen molar-refractivity contribution >= 4 is 11.8 Å². The van der Waals surface area contributed by atoms with E-state index in [2.05, 4.69) is 6.92 Å². The maximum absolute atomic E-state index is 12.7. The van der Waals surface area contributed by atoms with Crippen molar-refractivity contribution in [3.05, 3.63) is 47.0 Å². The summed E-state index contributed by atoms with van der Waals surface area (Å²) in [6.45, 7) is 4.72. The van der Waals surface area contributed by atoms with Crippen molar-refractivity contribution in [1.82, 2.24) is 4.90 Å². The largest absolute Gasteiger partial charge is 0.370 e. The van der Waals surface area contributed by atoms with Gasteiger partial charge in [-0.1, -0.05) is 43.7 Å². The number of nitrogens with two attached hydrogens (primary N) is 1. The lowest BCUT2D eigenvalue weighted by molar-refractivity contribution is -0.129. The SMILES string of the molecule is CCCCC1=C(C)CN(C(CC(N)=O)c2ccccc2)C1=O. The molecule has 2 N–H and O–H groups in total. The van der Waals surface area contributed by atoms with Gasteiger partial charge in [0, 0.05) is 12.1 Å². The van der Waals surface area contributed by atoms with Gasteiger partial charge in [-0.3, -0.25) is 9.59 Å². The Morgan fingerprint density at radius 2 is 2.00 bits per heavy atom. The molecule has 1 atom stereocenters. The van der Waals surface area contributed by atoms with Gasteiger partial charge in [0.05, 0.1) is 12.5 Å². The summed E-state index contributed by atoms with van der Waals surface area (Å²) in [5.41, 5.74) is 8.38. The summed E-state index contributed by atoms with van der Waals surface area (Å²) in [7, 11) is 0. The smallest absolute Gasteiger partial charge is 0.250 e. The van der Waals surface area contributed by atoms with Crippen LogP contribution in [0, 0.1) is 0 Å². The minimum atomic E-state index is -0.388. The maximum Gasteiger partial charge on any atom is 0.250 e. The molecule has 118 valence electrons. The van der Waals surface area contributed by atoms with Crippen LogP contribution in [0.4, 0.5) is 0 Å². The van der Waals surface area contributed by atoms with Crippen LogP contribution in [0.25, 0.3) is 0 Å². The van der Waals surface area contributed by atoms with Crippen LogP contribution in [-0.4, -0.2) is 23.3 Å². The van der Waals surface area contributed by atoms with E-state index in [1.807, 2.05) is 37.3 Å². The molecule has 0 aromatic heterocycles. The first-order valence-electron chi connectivity index (χ1n) is 7.87. The van der Waals surface area contributed by atoms with Crippen molar-refractivity contribution in [2.45, 2.75) is 45.6 Å². The monoisotopic (exact) mass is 300 g/mol. The van der Waals surface area contributed by atoms with Crippen molar-refractivity contribution < 1.29 is 9.59 Å². The van der Waals surface area contributed by atoms with Crippen LogP contribution in [-0.2, 0) is 9.59 Å². The molecule has 22 heavy (non-hydrogen) atoms. The number of carbonyl (C=O) groups is 2. The van der Waals surface area contributed by atoms with Crippen LogP contribution in [0.5, 0.6) is 0 Å². The van der Waals surface area contributed by atoms with Crippen LogP contribution in [0.2, 0.25) is 0 Å². The predicted molar refractivity (Wildman–Crippen MR) is 86.9 cm³/mol. The number of primary amides is 1. The molecule has 0 bridgehead atoms. The van der Waals surface area contributed by atoms with Crippen molar-refractivity contribution in [1.29, 1.82) is 0 Å². The fourth-order valence-corrected chi connectivity index (χ4v) is 2.98. The molecule has 0 saturated carbocycles. The molecule has 0 radical (unpaired) electrons. The van der Waals surface area contributed by atoms with E-state index < -0.39 is 0 Å². The van der Waals surface area contributed by atoms with Gasteiger partial charge in [0.15, 0.2) is 0 Å². The van der Waals surface area contributed by atoms with Gasteiger partial charge in [0.1, 0.15) is 0 Å². The van der Waals surface area contributed by atoms with E-state index in [0.717, 1.165) is 36.0 Å². The van der Waals surface area contributed by atoms with Gasteiger partial charge in [0.2, 0.25) is 5.91 Å². The third kappa shape index (κ3) is 3.56. The summed E-state index contributed by atoms with van der Waals surface area (Å²) in [6.07, 6.45) is 3.05. The number of hydrogen-bond acceptors (Lipinski definition) is 2. The highest BCUT2D eigenvalue weighted by Crippen LogP contribution is 2.33. The second-order valence-electron chi connectivity index (χ2n) is 5.89. The van der Waals surface area contributed by atoms with E-state index >= 15 is 0 Å². The molecule has 1 unspecified atom stereocenters. The Labute approximate surface area is 132 Å². The number of benzene rings is 1. The molecular weight excluding hydrogens is 276 g/mol. The lowest BCUT2D eigenvalue weighted by Gasteiger charge is -2.28. The van der Waals surface area contributed by atoms with Gasteiger partial charge in [-0.15, -0.1) is 0 Å². The van der Waals surface area contributed by atoms with E-state index in [-0.39, 0.29) is 24.3 Å². The van der Waals surface area contributed by atoms with Crippen molar-refractivity contribution in [3.8, 4) is 0 Å². The topological polar surface area (TPSA) is 63.4 Å². The van der Waals surface area contributed by atoms with E-state index in [1.54, 1.807) is 4.90 Å². The van der Waals surface area contributed by atoms with Gasteiger partial charge in [-0.2, -0.15) is 0 Å². The molecule has 1 heterocycles. The van der Waals surface area contributed by atoms with Gasteiger partial charge in [-0.05, 0) is 30.9 Å². The Bertz CT molecular complexity index is 578. The van der Waals surface area contributed by atoms with Gasteiger partial charge in [0.25, 0.3) is 5.91 Å². The van der Waals surface area contributed by atoms with E-state index in [0.29, 0.717) is 6.54 Å². The molecular formula is C18H24N2O2. The van der Waals surface area contributed by atoms with Crippen LogP contribution in [0.3, 0.4) is 0 Å². The Kier molecular flexibility index (Phi) is 5.36. The lowest BCUT2D eigenvalue weighted by Crippen LogP contribution is -2.34. The number of amides is 2. The third-order valence-electron chi connectivity index (χ3n) is 4.18. The van der Waals surface area contributed by atoms with Crippen LogP contribution in [0.1, 0.15) is 51.1 Å². The Hall–Kier alpha value is -2.10. The van der Waals surface area contributed by atoms with Crippen LogP contribution >= 0.6 is 0 Å². The highest BCUT2D eigenvalue weighted by Gasteiger charge is 2.34. The molecule has 0 saturated heterocycles. The molecule has 0 aliphatic carbocycles. The minimum absolute atomic E-state index is 0.0565. The van der Waals surface area contributed by atoms with Gasteiger partial charge < -0.3 is 10.6 Å². The predicted octanol–water partition coefficient (Wildman–Crippen LogP) is 2.95. The van der Waals surface area contributed by atoms with E-state index in [4.69, 9.17) is 5.73 Å². The fraction of sp³-hybridized carbons (Fsp3) is 0.444. The maximum atomic E-state index is 12.7. The summed E-state index contributed by atoms with van der Waals surface area (Å²) in [6, 6.07) is 9.37. The molecule has 4 heteroatoms. The van der Waals surface area contributed by atoms with Crippen molar-refractivity contribution in [3.63, 3.8) is 0 Å². The zero-order chi connectivity index (χ0) is 16.1. The van der Waals surface area contributed by atoms with E-state index in [1.165, 1.54) is 0 Å². The second kappa shape index (κ2) is 7.25. The van der Waals surface area contributed by atoms with Crippen LogP contribution in [0.15, 0.2) is 41.5 Å². The quantitative estimate of drug-likeness (QED) is 0.841. The lowest BCUT2D eigenvalue weighted by atomic mass is 10.0. The first-order valence-corrected chi connectivity index (χ1v) is 7.87. The standard InChI is InChI=1S/C18H24N2O2/c1-3-4-10-15-13(2)12-20(18(15)22)16(11-17(19)21)14-8-6-5-7-9-14/h5-9,16H,3-4,10-12H2,1-2H3,(H2,19,21). The molecule has 1 aromatic carbocycles. The molecule has 0 fully saturated rings. The number of nitrogens with zero attached hydrogens (tertiary/aromatic N) is 1. The third-order valence-corrected chi connectivity index (χ3v) is 4.18. The molecule has 4 nitrogen and oxygen atoms in total. The summed E-state index contributed by atoms with van der Waals surface area (Å²) in [5.74, 6) is -0.331. The van der Waals surface area contributed by atoms with Gasteiger partial charge >= 0.3 is 0 Å². The average molecular weight is 300 g/mol. The number of carbonyl (C=O) groups excluding carboxylic acids is 2. The summed E-state index contributed by atoms with van der Waals surface area (Å²) >= 11 is 0. The Balaban J connectivity index is 2.23. The zero-order valence-corrected chi connectivity index (χ0v) is 13.3. The first-order chi connectivity index (χ1) is 10.5. The fourth-order valence-electron chi connectivity index (χ4n) is 2.98. The molecule has 2 rings (SSSR count). The molecule has 1 aliphatic rings. The van der Waals surface area contributed by atoms with Crippen molar-refractivity contribution in [2.75, 3.05) is 6.54 Å². The first kappa shape index (κ1) is 16.3. The summed E-state index contributed by atoms with van der Waals surface area (Å²) in [4.78, 5) is 26.0. The number of rotatable bonds is 7. The zero-order valence-electron chi connectivity index (χ0n) is 13.3. The van der Waals surface area contributed by atoms with Crippen LogP contribution < -0.4 is 5.73 Å². The summed E-state index contributed by atoms with van der Waals surface area (Å²) in [5, 5.41) is 0. The van der Waals surface area contributed by atoms with Crippen molar-refractivity contribution in [2.24, 2.45) is 5.73 Å². The average Bonchev–Trinajstić information content (AvgIpc) is 2.78. The minimum Gasteiger partial charge on any atom is -0.370 e. The molecule has 2 amide bonds. The summed E-state index contributed by atoms with van der Waals surface area (Å²) < 4.78 is 0. The Morgan fingerprint density at radius 1 is 1.32 bits per heavy atom. The molecule has 0 spiro atoms. The van der Waals surface area contributed by atoms with E-state index in [9.17, 15) is 9.59 Å². The molecule has 1 aliphatic heterocycles.